The maximum Gasteiger partial charge on any atom is 0.305 e. The average Bonchev–Trinajstić information content (AvgIpc) is 3.25. The van der Waals surface area contributed by atoms with Gasteiger partial charge in [-0.25, -0.2) is 0 Å². The van der Waals surface area contributed by atoms with Crippen LogP contribution in [0.1, 0.15) is 55.3 Å². The largest absolute Gasteiger partial charge is 0.496 e. The van der Waals surface area contributed by atoms with E-state index >= 15 is 0 Å². The molecule has 0 saturated carbocycles. The molecule has 1 amide bonds. The molecule has 0 radical (unpaired) electrons. The summed E-state index contributed by atoms with van der Waals surface area (Å²) in [5, 5.41) is 0. The Kier molecular flexibility index (Phi) is 5.56. The zero-order chi connectivity index (χ0) is 19.6. The second-order valence-corrected chi connectivity index (χ2v) is 8.04. The number of hydrogen-bond acceptors (Lipinski definition) is 4. The van der Waals surface area contributed by atoms with E-state index in [9.17, 15) is 4.79 Å². The van der Waals surface area contributed by atoms with Gasteiger partial charge in [0.05, 0.1) is 25.3 Å². The summed E-state index contributed by atoms with van der Waals surface area (Å²) in [4.78, 5) is 17.1. The summed E-state index contributed by atoms with van der Waals surface area (Å²) in [5.41, 5.74) is 1.51. The maximum atomic E-state index is 12.8. The number of aryl methyl sites for hydroxylation is 1. The number of hydrogen-bond donors (Lipinski definition) is 0. The molecule has 0 unspecified atom stereocenters. The molecular formula is C21H28N2O4. The van der Waals surface area contributed by atoms with Crippen LogP contribution in [0.2, 0.25) is 0 Å². The summed E-state index contributed by atoms with van der Waals surface area (Å²) in [6, 6.07) is 5.46. The molecule has 3 rings (SSSR count). The number of methoxy groups -OCH3 is 1. The van der Waals surface area contributed by atoms with E-state index in [0.29, 0.717) is 23.5 Å². The minimum absolute atomic E-state index is 0.123. The Bertz CT molecular complexity index is 880. The number of benzene rings is 1. The SMILES string of the molecule is COc1ccc(C)cc1C(=O)/N=c1\oc(C(C)(C)C)cn1C[C@H]1CCCO1. The molecule has 1 aromatic carbocycles. The summed E-state index contributed by atoms with van der Waals surface area (Å²) in [5.74, 6) is 0.900. The average molecular weight is 372 g/mol. The summed E-state index contributed by atoms with van der Waals surface area (Å²) in [7, 11) is 1.55. The molecule has 1 atom stereocenters. The minimum atomic E-state index is -0.383. The standard InChI is InChI=1S/C21H28N2O4/c1-14-8-9-17(25-5)16(11-14)19(24)22-20-23(12-15-7-6-10-26-15)13-18(27-20)21(2,3)4/h8-9,11,13,15H,6-7,10,12H2,1-5H3/b22-20-/t15-/m1/s1. The predicted octanol–water partition coefficient (Wildman–Crippen LogP) is 3.62. The van der Waals surface area contributed by atoms with E-state index in [1.165, 1.54) is 0 Å². The number of amides is 1. The van der Waals surface area contributed by atoms with E-state index in [4.69, 9.17) is 13.9 Å². The van der Waals surface area contributed by atoms with Gasteiger partial charge in [0, 0.05) is 18.2 Å². The first-order chi connectivity index (χ1) is 12.8. The van der Waals surface area contributed by atoms with Gasteiger partial charge in [0.15, 0.2) is 0 Å². The molecule has 2 heterocycles. The lowest BCUT2D eigenvalue weighted by Crippen LogP contribution is -2.24. The van der Waals surface area contributed by atoms with Gasteiger partial charge in [-0.1, -0.05) is 32.4 Å². The van der Waals surface area contributed by atoms with Crippen molar-refractivity contribution in [3.63, 3.8) is 0 Å². The molecule has 1 aliphatic heterocycles. The van der Waals surface area contributed by atoms with Gasteiger partial charge in [0.1, 0.15) is 11.5 Å². The fourth-order valence-electron chi connectivity index (χ4n) is 3.09. The second kappa shape index (κ2) is 7.72. The number of aromatic nitrogens is 1. The molecule has 27 heavy (non-hydrogen) atoms. The topological polar surface area (TPSA) is 66.0 Å². The highest BCUT2D eigenvalue weighted by Gasteiger charge is 2.23. The Morgan fingerprint density at radius 3 is 2.78 bits per heavy atom. The lowest BCUT2D eigenvalue weighted by atomic mass is 9.94. The molecule has 0 N–H and O–H groups in total. The van der Waals surface area contributed by atoms with Crippen molar-refractivity contribution in [3.8, 4) is 5.75 Å². The number of carbonyl (C=O) groups excluding carboxylic acids is 1. The molecule has 1 saturated heterocycles. The molecule has 2 aromatic rings. The van der Waals surface area contributed by atoms with Gasteiger partial charge in [-0.15, -0.1) is 0 Å². The molecule has 1 aromatic heterocycles. The van der Waals surface area contributed by atoms with Crippen LogP contribution in [0.15, 0.2) is 33.8 Å². The van der Waals surface area contributed by atoms with Crippen molar-refractivity contribution in [2.45, 2.75) is 58.6 Å². The fourth-order valence-corrected chi connectivity index (χ4v) is 3.09. The van der Waals surface area contributed by atoms with Gasteiger partial charge in [-0.3, -0.25) is 9.36 Å². The van der Waals surface area contributed by atoms with Gasteiger partial charge in [-0.05, 0) is 31.9 Å². The molecule has 1 fully saturated rings. The van der Waals surface area contributed by atoms with Crippen LogP contribution in [0.25, 0.3) is 0 Å². The fraction of sp³-hybridized carbons (Fsp3) is 0.524. The first kappa shape index (κ1) is 19.4. The number of ether oxygens (including phenoxy) is 2. The van der Waals surface area contributed by atoms with Crippen LogP contribution in [0.5, 0.6) is 5.75 Å². The van der Waals surface area contributed by atoms with Gasteiger partial charge in [-0.2, -0.15) is 4.99 Å². The molecule has 1 aliphatic rings. The third-order valence-corrected chi connectivity index (χ3v) is 4.67. The van der Waals surface area contributed by atoms with Crippen molar-refractivity contribution in [3.05, 3.63) is 47.0 Å². The number of rotatable bonds is 4. The van der Waals surface area contributed by atoms with E-state index in [0.717, 1.165) is 30.8 Å². The van der Waals surface area contributed by atoms with Crippen molar-refractivity contribution in [1.82, 2.24) is 4.57 Å². The maximum absolute atomic E-state index is 12.8. The van der Waals surface area contributed by atoms with E-state index in [2.05, 4.69) is 25.8 Å². The van der Waals surface area contributed by atoms with Crippen LogP contribution >= 0.6 is 0 Å². The zero-order valence-electron chi connectivity index (χ0n) is 16.7. The smallest absolute Gasteiger partial charge is 0.305 e. The normalized spacial score (nSPS) is 18.1. The van der Waals surface area contributed by atoms with Crippen molar-refractivity contribution in [2.75, 3.05) is 13.7 Å². The third-order valence-electron chi connectivity index (χ3n) is 4.67. The zero-order valence-corrected chi connectivity index (χ0v) is 16.7. The van der Waals surface area contributed by atoms with Crippen molar-refractivity contribution in [2.24, 2.45) is 4.99 Å². The lowest BCUT2D eigenvalue weighted by molar-refractivity contribution is 0.0930. The predicted molar refractivity (Wildman–Crippen MR) is 102 cm³/mol. The molecule has 6 nitrogen and oxygen atoms in total. The van der Waals surface area contributed by atoms with E-state index in [1.807, 2.05) is 23.8 Å². The highest BCUT2D eigenvalue weighted by Crippen LogP contribution is 2.23. The summed E-state index contributed by atoms with van der Waals surface area (Å²) < 4.78 is 18.9. The lowest BCUT2D eigenvalue weighted by Gasteiger charge is -2.13. The molecule has 0 spiro atoms. The Morgan fingerprint density at radius 2 is 2.15 bits per heavy atom. The van der Waals surface area contributed by atoms with Crippen LogP contribution in [0.4, 0.5) is 0 Å². The molecule has 0 aliphatic carbocycles. The van der Waals surface area contributed by atoms with Crippen molar-refractivity contribution in [1.29, 1.82) is 0 Å². The van der Waals surface area contributed by atoms with Gasteiger partial charge in [0.25, 0.3) is 5.91 Å². The third kappa shape index (κ3) is 4.50. The van der Waals surface area contributed by atoms with Gasteiger partial charge < -0.3 is 13.9 Å². The van der Waals surface area contributed by atoms with Crippen LogP contribution in [0, 0.1) is 6.92 Å². The minimum Gasteiger partial charge on any atom is -0.496 e. The van der Waals surface area contributed by atoms with E-state index in [1.54, 1.807) is 19.2 Å². The van der Waals surface area contributed by atoms with Crippen LogP contribution < -0.4 is 10.4 Å². The van der Waals surface area contributed by atoms with Gasteiger partial charge >= 0.3 is 5.68 Å². The molecule has 146 valence electrons. The summed E-state index contributed by atoms with van der Waals surface area (Å²) >= 11 is 0. The summed E-state index contributed by atoms with van der Waals surface area (Å²) in [6.07, 6.45) is 4.11. The molecule has 6 heteroatoms. The number of oxazole rings is 1. The monoisotopic (exact) mass is 372 g/mol. The van der Waals surface area contributed by atoms with Crippen molar-refractivity contribution < 1.29 is 18.7 Å². The molecule has 0 bridgehead atoms. The van der Waals surface area contributed by atoms with Crippen LogP contribution in [-0.4, -0.2) is 30.3 Å². The number of carbonyl (C=O) groups is 1. The van der Waals surface area contributed by atoms with Gasteiger partial charge in [0.2, 0.25) is 0 Å². The first-order valence-electron chi connectivity index (χ1n) is 9.34. The summed E-state index contributed by atoms with van der Waals surface area (Å²) in [6.45, 7) is 9.53. The highest BCUT2D eigenvalue weighted by atomic mass is 16.5. The van der Waals surface area contributed by atoms with E-state index in [-0.39, 0.29) is 17.4 Å². The van der Waals surface area contributed by atoms with E-state index < -0.39 is 0 Å². The van der Waals surface area contributed by atoms with Crippen LogP contribution in [0.3, 0.4) is 0 Å². The Labute approximate surface area is 159 Å². The molecular weight excluding hydrogens is 344 g/mol. The quantitative estimate of drug-likeness (QED) is 0.822. The Morgan fingerprint density at radius 1 is 1.37 bits per heavy atom. The second-order valence-electron chi connectivity index (χ2n) is 8.04. The van der Waals surface area contributed by atoms with Crippen LogP contribution in [-0.2, 0) is 16.7 Å². The Balaban J connectivity index is 2.02. The Hall–Kier alpha value is -2.34. The van der Waals surface area contributed by atoms with Crippen molar-refractivity contribution >= 4 is 5.91 Å². The first-order valence-corrected chi connectivity index (χ1v) is 9.34. The highest BCUT2D eigenvalue weighted by molar-refractivity contribution is 5.97. The number of nitrogens with zero attached hydrogens (tertiary/aromatic N) is 2.